The quantitative estimate of drug-likeness (QED) is 0.690. The van der Waals surface area contributed by atoms with Gasteiger partial charge in [-0.15, -0.1) is 12.4 Å². The summed E-state index contributed by atoms with van der Waals surface area (Å²) in [5, 5.41) is 2.82. The molecule has 120 valence electrons. The van der Waals surface area contributed by atoms with E-state index in [2.05, 4.69) is 10.0 Å². The van der Waals surface area contributed by atoms with Crippen LogP contribution in [0.25, 0.3) is 0 Å². The minimum atomic E-state index is -3.48. The number of hydrogen-bond donors (Lipinski definition) is 3. The van der Waals surface area contributed by atoms with Crippen LogP contribution in [-0.2, 0) is 14.8 Å². The van der Waals surface area contributed by atoms with Crippen LogP contribution in [0.2, 0.25) is 0 Å². The first kappa shape index (κ1) is 19.9. The van der Waals surface area contributed by atoms with Gasteiger partial charge in [-0.25, -0.2) is 13.1 Å². The Hall–Kier alpha value is -1.15. The molecule has 0 aromatic heterocycles. The third-order valence-electron chi connectivity index (χ3n) is 2.92. The molecule has 0 aliphatic heterocycles. The summed E-state index contributed by atoms with van der Waals surface area (Å²) in [4.78, 5) is 11.8. The Morgan fingerprint density at radius 1 is 1.38 bits per heavy atom. The zero-order chi connectivity index (χ0) is 15.2. The summed E-state index contributed by atoms with van der Waals surface area (Å²) in [6, 6.07) is 6.25. The molecule has 0 aliphatic carbocycles. The molecule has 0 aliphatic rings. The fraction of sp³-hybridized carbons (Fsp3) is 0.462. The second kappa shape index (κ2) is 8.99. The summed E-state index contributed by atoms with van der Waals surface area (Å²) in [6.07, 6.45) is 1.00. The number of nitrogens with two attached hydrogens (primary N) is 1. The molecule has 1 unspecified atom stereocenters. The van der Waals surface area contributed by atoms with E-state index in [0.717, 1.165) is 5.56 Å². The van der Waals surface area contributed by atoms with Gasteiger partial charge in [0.25, 0.3) is 0 Å². The van der Waals surface area contributed by atoms with E-state index in [0.29, 0.717) is 19.4 Å². The van der Waals surface area contributed by atoms with E-state index in [1.807, 2.05) is 6.92 Å². The number of sulfonamides is 1. The van der Waals surface area contributed by atoms with Crippen LogP contribution in [0, 0.1) is 0 Å². The fourth-order valence-electron chi connectivity index (χ4n) is 1.73. The SMILES string of the molecule is CNS(=O)(=O)c1cccc(C(C)NC(=O)CCCN)c1.Cl. The van der Waals surface area contributed by atoms with Crippen molar-refractivity contribution in [3.63, 3.8) is 0 Å². The zero-order valence-corrected chi connectivity index (χ0v) is 13.8. The highest BCUT2D eigenvalue weighted by Crippen LogP contribution is 2.17. The van der Waals surface area contributed by atoms with Crippen LogP contribution < -0.4 is 15.8 Å². The maximum absolute atomic E-state index is 11.7. The second-order valence-corrected chi connectivity index (χ2v) is 6.35. The molecule has 21 heavy (non-hydrogen) atoms. The van der Waals surface area contributed by atoms with Crippen LogP contribution in [0.4, 0.5) is 0 Å². The monoisotopic (exact) mass is 335 g/mol. The van der Waals surface area contributed by atoms with Gasteiger partial charge in [0.15, 0.2) is 0 Å². The van der Waals surface area contributed by atoms with Crippen LogP contribution in [-0.4, -0.2) is 27.9 Å². The van der Waals surface area contributed by atoms with Crippen molar-refractivity contribution in [2.45, 2.75) is 30.7 Å². The molecular weight excluding hydrogens is 314 g/mol. The summed E-state index contributed by atoms with van der Waals surface area (Å²) in [5.41, 5.74) is 6.09. The van der Waals surface area contributed by atoms with Gasteiger partial charge in [0, 0.05) is 6.42 Å². The molecule has 1 rings (SSSR count). The van der Waals surface area contributed by atoms with Crippen molar-refractivity contribution in [1.82, 2.24) is 10.0 Å². The van der Waals surface area contributed by atoms with E-state index >= 15 is 0 Å². The summed E-state index contributed by atoms with van der Waals surface area (Å²) < 4.78 is 25.7. The fourth-order valence-corrected chi connectivity index (χ4v) is 2.51. The molecule has 0 bridgehead atoms. The van der Waals surface area contributed by atoms with Gasteiger partial charge in [-0.1, -0.05) is 12.1 Å². The van der Waals surface area contributed by atoms with E-state index in [4.69, 9.17) is 5.73 Å². The largest absolute Gasteiger partial charge is 0.350 e. The first-order chi connectivity index (χ1) is 9.40. The molecule has 0 saturated heterocycles. The molecule has 6 nitrogen and oxygen atoms in total. The van der Waals surface area contributed by atoms with Crippen molar-refractivity contribution in [3.05, 3.63) is 29.8 Å². The van der Waals surface area contributed by atoms with Gasteiger partial charge in [0.2, 0.25) is 15.9 Å². The molecule has 0 saturated carbocycles. The molecule has 4 N–H and O–H groups in total. The lowest BCUT2D eigenvalue weighted by molar-refractivity contribution is -0.121. The Labute approximate surface area is 132 Å². The lowest BCUT2D eigenvalue weighted by atomic mass is 10.1. The highest BCUT2D eigenvalue weighted by atomic mass is 35.5. The Balaban J connectivity index is 0.00000400. The Bertz CT molecular complexity index is 564. The van der Waals surface area contributed by atoms with Crippen molar-refractivity contribution < 1.29 is 13.2 Å². The van der Waals surface area contributed by atoms with Gasteiger partial charge < -0.3 is 11.1 Å². The number of nitrogens with one attached hydrogen (secondary N) is 2. The average molecular weight is 336 g/mol. The number of halogens is 1. The summed E-state index contributed by atoms with van der Waals surface area (Å²) in [5.74, 6) is -0.0928. The smallest absolute Gasteiger partial charge is 0.240 e. The van der Waals surface area contributed by atoms with Crippen molar-refractivity contribution in [3.8, 4) is 0 Å². The maximum Gasteiger partial charge on any atom is 0.240 e. The molecule has 0 fully saturated rings. The minimum absolute atomic E-state index is 0. The van der Waals surface area contributed by atoms with Crippen LogP contribution in [0.15, 0.2) is 29.2 Å². The Kier molecular flexibility index (Phi) is 8.50. The van der Waals surface area contributed by atoms with E-state index in [1.165, 1.54) is 13.1 Å². The third kappa shape index (κ3) is 6.01. The topological polar surface area (TPSA) is 101 Å². The lowest BCUT2D eigenvalue weighted by Crippen LogP contribution is -2.27. The lowest BCUT2D eigenvalue weighted by Gasteiger charge is -2.15. The predicted octanol–water partition coefficient (Wildman–Crippen LogP) is 0.933. The molecule has 1 amide bonds. The van der Waals surface area contributed by atoms with Gasteiger partial charge in [-0.3, -0.25) is 4.79 Å². The number of amides is 1. The minimum Gasteiger partial charge on any atom is -0.350 e. The van der Waals surface area contributed by atoms with E-state index in [1.54, 1.807) is 18.2 Å². The second-order valence-electron chi connectivity index (χ2n) is 4.46. The van der Waals surface area contributed by atoms with E-state index < -0.39 is 10.0 Å². The molecule has 0 radical (unpaired) electrons. The van der Waals surface area contributed by atoms with Crippen molar-refractivity contribution in [1.29, 1.82) is 0 Å². The molecule has 0 spiro atoms. The first-order valence-electron chi connectivity index (χ1n) is 6.43. The molecule has 1 atom stereocenters. The van der Waals surface area contributed by atoms with E-state index in [9.17, 15) is 13.2 Å². The third-order valence-corrected chi connectivity index (χ3v) is 4.33. The standard InChI is InChI=1S/C13H21N3O3S.ClH/c1-10(16-13(17)7-4-8-14)11-5-3-6-12(9-11)20(18,19)15-2;/h3,5-6,9-10,15H,4,7-8,14H2,1-2H3,(H,16,17);1H. The van der Waals surface area contributed by atoms with Gasteiger partial charge in [0.05, 0.1) is 10.9 Å². The van der Waals surface area contributed by atoms with Gasteiger partial charge in [-0.2, -0.15) is 0 Å². The molecule has 0 heterocycles. The Morgan fingerprint density at radius 3 is 2.62 bits per heavy atom. The predicted molar refractivity (Wildman–Crippen MR) is 84.8 cm³/mol. The highest BCUT2D eigenvalue weighted by molar-refractivity contribution is 7.89. The Morgan fingerprint density at radius 2 is 2.05 bits per heavy atom. The average Bonchev–Trinajstić information content (AvgIpc) is 2.45. The highest BCUT2D eigenvalue weighted by Gasteiger charge is 2.14. The normalized spacial score (nSPS) is 12.3. The number of carbonyl (C=O) groups excluding carboxylic acids is 1. The van der Waals surface area contributed by atoms with Gasteiger partial charge in [0.1, 0.15) is 0 Å². The number of carbonyl (C=O) groups is 1. The van der Waals surface area contributed by atoms with Crippen molar-refractivity contribution in [2.75, 3.05) is 13.6 Å². The summed E-state index contributed by atoms with van der Waals surface area (Å²) in [7, 11) is -2.11. The van der Waals surface area contributed by atoms with Crippen LogP contribution in [0.5, 0.6) is 0 Å². The maximum atomic E-state index is 11.7. The first-order valence-corrected chi connectivity index (χ1v) is 7.92. The van der Waals surface area contributed by atoms with Gasteiger partial charge >= 0.3 is 0 Å². The van der Waals surface area contributed by atoms with Crippen molar-refractivity contribution in [2.24, 2.45) is 5.73 Å². The number of hydrogen-bond acceptors (Lipinski definition) is 4. The number of rotatable bonds is 7. The van der Waals surface area contributed by atoms with Gasteiger partial charge in [-0.05, 0) is 44.6 Å². The summed E-state index contributed by atoms with van der Waals surface area (Å²) in [6.45, 7) is 2.28. The molecular formula is C13H22ClN3O3S. The zero-order valence-electron chi connectivity index (χ0n) is 12.1. The number of benzene rings is 1. The van der Waals surface area contributed by atoms with Crippen LogP contribution >= 0.6 is 12.4 Å². The van der Waals surface area contributed by atoms with Crippen LogP contribution in [0.3, 0.4) is 0 Å². The van der Waals surface area contributed by atoms with Crippen molar-refractivity contribution >= 4 is 28.3 Å². The summed E-state index contributed by atoms with van der Waals surface area (Å²) >= 11 is 0. The molecule has 1 aromatic rings. The molecule has 1 aromatic carbocycles. The van der Waals surface area contributed by atoms with E-state index in [-0.39, 0.29) is 29.3 Å². The van der Waals surface area contributed by atoms with Crippen LogP contribution in [0.1, 0.15) is 31.4 Å². The molecule has 8 heteroatoms.